The van der Waals surface area contributed by atoms with Gasteiger partial charge in [0.05, 0.1) is 0 Å². The van der Waals surface area contributed by atoms with Crippen molar-refractivity contribution in [2.24, 2.45) is 0 Å². The molecule has 0 radical (unpaired) electrons. The van der Waals surface area contributed by atoms with Crippen molar-refractivity contribution in [3.8, 4) is 6.07 Å². The third kappa shape index (κ3) is 1.60. The van der Waals surface area contributed by atoms with E-state index in [1.54, 1.807) is 6.07 Å². The van der Waals surface area contributed by atoms with Gasteiger partial charge >= 0.3 is 0 Å². The summed E-state index contributed by atoms with van der Waals surface area (Å²) in [5, 5.41) is 8.79. The molecule has 1 heterocycles. The molecule has 1 rings (SSSR count). The molecule has 5 nitrogen and oxygen atoms in total. The van der Waals surface area contributed by atoms with E-state index in [1.165, 1.54) is 6.92 Å². The Hall–Kier alpha value is -1.61. The Morgan fingerprint density at radius 1 is 1.69 bits per heavy atom. The molecule has 0 saturated carbocycles. The van der Waals surface area contributed by atoms with Crippen LogP contribution in [-0.2, 0) is 9.84 Å². The molecule has 0 unspecified atom stereocenters. The highest BCUT2D eigenvalue weighted by atomic mass is 32.2. The molecule has 0 saturated heterocycles. The molecular formula is C7H6N2O3S. The minimum absolute atomic E-state index is 0.136. The van der Waals surface area contributed by atoms with E-state index in [4.69, 9.17) is 9.68 Å². The van der Waals surface area contributed by atoms with Gasteiger partial charge in [0.15, 0.2) is 11.6 Å². The Morgan fingerprint density at radius 3 is 2.77 bits per heavy atom. The summed E-state index contributed by atoms with van der Waals surface area (Å²) in [6, 6.07) is 1.63. The van der Waals surface area contributed by atoms with Crippen molar-refractivity contribution in [2.75, 3.05) is 0 Å². The van der Waals surface area contributed by atoms with Gasteiger partial charge in [-0.3, -0.25) is 0 Å². The molecule has 0 aliphatic heterocycles. The lowest BCUT2D eigenvalue weighted by atomic mass is 10.5. The predicted octanol–water partition coefficient (Wildman–Crippen LogP) is 0.772. The monoisotopic (exact) mass is 198 g/mol. The maximum Gasteiger partial charge on any atom is 0.260 e. The van der Waals surface area contributed by atoms with Gasteiger partial charge in [-0.15, -0.1) is 0 Å². The molecule has 1 aromatic rings. The summed E-state index contributed by atoms with van der Waals surface area (Å²) < 4.78 is 27.2. The molecule has 0 bridgehead atoms. The van der Waals surface area contributed by atoms with Crippen molar-refractivity contribution in [1.29, 1.82) is 5.26 Å². The van der Waals surface area contributed by atoms with Crippen LogP contribution in [0.15, 0.2) is 21.5 Å². The lowest BCUT2D eigenvalue weighted by molar-refractivity contribution is 0.424. The number of nitrogens with zero attached hydrogens (tertiary/aromatic N) is 2. The van der Waals surface area contributed by atoms with Gasteiger partial charge in [-0.1, -0.05) is 6.58 Å². The number of hydrogen-bond donors (Lipinski definition) is 0. The van der Waals surface area contributed by atoms with Crippen LogP contribution in [-0.4, -0.2) is 13.4 Å². The number of oxazole rings is 1. The van der Waals surface area contributed by atoms with Gasteiger partial charge in [-0.2, -0.15) is 5.26 Å². The van der Waals surface area contributed by atoms with Crippen LogP contribution in [0.1, 0.15) is 11.6 Å². The molecular weight excluding hydrogens is 192 g/mol. The molecule has 6 heteroatoms. The van der Waals surface area contributed by atoms with Crippen molar-refractivity contribution in [1.82, 2.24) is 4.98 Å². The van der Waals surface area contributed by atoms with Crippen molar-refractivity contribution < 1.29 is 12.8 Å². The van der Waals surface area contributed by atoms with Crippen LogP contribution >= 0.6 is 0 Å². The zero-order chi connectivity index (χ0) is 10.1. The second-order valence-corrected chi connectivity index (χ2v) is 3.99. The fourth-order valence-electron chi connectivity index (χ4n) is 0.748. The van der Waals surface area contributed by atoms with Crippen LogP contribution in [0, 0.1) is 18.3 Å². The quantitative estimate of drug-likeness (QED) is 0.700. The number of nitriles is 1. The first-order valence-corrected chi connectivity index (χ1v) is 4.81. The second-order valence-electron chi connectivity index (χ2n) is 2.19. The largest absolute Gasteiger partial charge is 0.428 e. The van der Waals surface area contributed by atoms with Crippen LogP contribution in [0.4, 0.5) is 0 Å². The van der Waals surface area contributed by atoms with Crippen LogP contribution < -0.4 is 0 Å². The van der Waals surface area contributed by atoms with Gasteiger partial charge in [-0.05, 0) is 0 Å². The SMILES string of the molecule is C=CS(=O)(=O)c1oc(C)nc1C#N. The molecule has 0 spiro atoms. The van der Waals surface area contributed by atoms with Gasteiger partial charge in [0, 0.05) is 12.3 Å². The zero-order valence-corrected chi connectivity index (χ0v) is 7.63. The van der Waals surface area contributed by atoms with Crippen LogP contribution in [0.5, 0.6) is 0 Å². The van der Waals surface area contributed by atoms with E-state index < -0.39 is 14.9 Å². The Bertz CT molecular complexity index is 478. The average Bonchev–Trinajstić information content (AvgIpc) is 2.47. The number of aryl methyl sites for hydroxylation is 1. The molecule has 0 amide bonds. The van der Waals surface area contributed by atoms with E-state index in [0.717, 1.165) is 0 Å². The minimum atomic E-state index is -3.71. The maximum atomic E-state index is 11.2. The lowest BCUT2D eigenvalue weighted by Gasteiger charge is -1.90. The smallest absolute Gasteiger partial charge is 0.260 e. The van der Waals surface area contributed by atoms with Crippen molar-refractivity contribution in [2.45, 2.75) is 12.0 Å². The standard InChI is InChI=1S/C7H6N2O3S/c1-3-13(10,11)7-6(4-8)9-5(2)12-7/h3H,1H2,2H3. The highest BCUT2D eigenvalue weighted by Crippen LogP contribution is 2.17. The van der Waals surface area contributed by atoms with E-state index >= 15 is 0 Å². The lowest BCUT2D eigenvalue weighted by Crippen LogP contribution is -1.96. The molecule has 0 aliphatic rings. The average molecular weight is 198 g/mol. The topological polar surface area (TPSA) is 84.0 Å². The normalized spacial score (nSPS) is 10.8. The summed E-state index contributed by atoms with van der Waals surface area (Å²) in [6.45, 7) is 4.57. The molecule has 13 heavy (non-hydrogen) atoms. The van der Waals surface area contributed by atoms with Crippen molar-refractivity contribution >= 4 is 9.84 Å². The summed E-state index contributed by atoms with van der Waals surface area (Å²) in [5.41, 5.74) is -0.239. The van der Waals surface area contributed by atoms with Gasteiger partial charge in [0.1, 0.15) is 6.07 Å². The third-order valence-corrected chi connectivity index (χ3v) is 2.52. The summed E-state index contributed by atoms with van der Waals surface area (Å²) in [5.74, 6) is 0.136. The van der Waals surface area contributed by atoms with Gasteiger partial charge in [-0.25, -0.2) is 13.4 Å². The maximum absolute atomic E-state index is 11.2. The van der Waals surface area contributed by atoms with Crippen LogP contribution in [0.2, 0.25) is 0 Å². The number of aromatic nitrogens is 1. The van der Waals surface area contributed by atoms with E-state index in [9.17, 15) is 8.42 Å². The van der Waals surface area contributed by atoms with Crippen LogP contribution in [0.3, 0.4) is 0 Å². The highest BCUT2D eigenvalue weighted by Gasteiger charge is 2.22. The Balaban J connectivity index is 3.48. The van der Waals surface area contributed by atoms with E-state index in [2.05, 4.69) is 11.6 Å². The summed E-state index contributed by atoms with van der Waals surface area (Å²) in [4.78, 5) is 3.59. The Morgan fingerprint density at radius 2 is 2.31 bits per heavy atom. The first kappa shape index (κ1) is 9.48. The van der Waals surface area contributed by atoms with Gasteiger partial charge < -0.3 is 4.42 Å². The zero-order valence-electron chi connectivity index (χ0n) is 6.81. The predicted molar refractivity (Wildman–Crippen MR) is 43.3 cm³/mol. The van der Waals surface area contributed by atoms with Crippen molar-refractivity contribution in [3.63, 3.8) is 0 Å². The fraction of sp³-hybridized carbons (Fsp3) is 0.143. The summed E-state index contributed by atoms with van der Waals surface area (Å²) in [6.07, 6.45) is 0. The molecule has 0 aliphatic carbocycles. The summed E-state index contributed by atoms with van der Waals surface area (Å²) >= 11 is 0. The number of hydrogen-bond acceptors (Lipinski definition) is 5. The Kier molecular flexibility index (Phi) is 2.21. The first-order valence-electron chi connectivity index (χ1n) is 3.26. The van der Waals surface area contributed by atoms with E-state index in [0.29, 0.717) is 5.41 Å². The first-order chi connectivity index (χ1) is 6.01. The van der Waals surface area contributed by atoms with Crippen molar-refractivity contribution in [3.05, 3.63) is 23.6 Å². The van der Waals surface area contributed by atoms with Crippen LogP contribution in [0.25, 0.3) is 0 Å². The van der Waals surface area contributed by atoms with Gasteiger partial charge in [0.2, 0.25) is 9.84 Å². The summed E-state index contributed by atoms with van der Waals surface area (Å²) in [7, 11) is -3.71. The number of rotatable bonds is 2. The molecule has 0 atom stereocenters. The van der Waals surface area contributed by atoms with E-state index in [-0.39, 0.29) is 11.6 Å². The molecule has 0 fully saturated rings. The molecule has 1 aromatic heterocycles. The Labute approximate surface area is 75.2 Å². The second kappa shape index (κ2) is 3.03. The number of sulfone groups is 1. The molecule has 0 N–H and O–H groups in total. The minimum Gasteiger partial charge on any atom is -0.428 e. The van der Waals surface area contributed by atoms with Gasteiger partial charge in [0.25, 0.3) is 5.09 Å². The fourth-order valence-corrected chi connectivity index (χ4v) is 1.50. The molecule has 0 aromatic carbocycles. The van der Waals surface area contributed by atoms with E-state index in [1.807, 2.05) is 0 Å². The highest BCUT2D eigenvalue weighted by molar-refractivity contribution is 7.94. The molecule has 68 valence electrons. The third-order valence-electron chi connectivity index (χ3n) is 1.29.